The molecule has 3 rings (SSSR count). The van der Waals surface area contributed by atoms with Crippen LogP contribution in [0.5, 0.6) is 5.75 Å². The van der Waals surface area contributed by atoms with Crippen LogP contribution in [0.2, 0.25) is 0 Å². The molecule has 0 unspecified atom stereocenters. The van der Waals surface area contributed by atoms with E-state index in [4.69, 9.17) is 23.7 Å². The Labute approximate surface area is 185 Å². The summed E-state index contributed by atoms with van der Waals surface area (Å²) in [6.07, 6.45) is 1.82. The number of hydrogen-bond donors (Lipinski definition) is 0. The summed E-state index contributed by atoms with van der Waals surface area (Å²) in [5, 5.41) is 0. The fourth-order valence-corrected chi connectivity index (χ4v) is 3.59. The van der Waals surface area contributed by atoms with Crippen molar-refractivity contribution >= 4 is 0 Å². The Kier molecular flexibility index (Phi) is 10.2. The van der Waals surface area contributed by atoms with Crippen molar-refractivity contribution in [2.24, 2.45) is 0 Å². The molecule has 0 amide bonds. The van der Waals surface area contributed by atoms with Crippen LogP contribution in [0.4, 0.5) is 0 Å². The van der Waals surface area contributed by atoms with Crippen LogP contribution in [0.3, 0.4) is 0 Å². The molecule has 7 heteroatoms. The van der Waals surface area contributed by atoms with E-state index in [9.17, 15) is 0 Å². The molecule has 31 heavy (non-hydrogen) atoms. The summed E-state index contributed by atoms with van der Waals surface area (Å²) in [7, 11) is 1.69. The predicted molar refractivity (Wildman–Crippen MR) is 118 cm³/mol. The quantitative estimate of drug-likeness (QED) is 0.742. The molecule has 1 aliphatic rings. The number of fused-ring (bicyclic) bond motifs is 2. The third-order valence-electron chi connectivity index (χ3n) is 5.07. The van der Waals surface area contributed by atoms with E-state index >= 15 is 0 Å². The zero-order valence-electron chi connectivity index (χ0n) is 18.7. The minimum Gasteiger partial charge on any atom is -0.496 e. The average molecular weight is 431 g/mol. The Hall–Kier alpha value is -2.03. The Balaban J connectivity index is 1.57. The zero-order chi connectivity index (χ0) is 21.7. The van der Waals surface area contributed by atoms with E-state index in [-0.39, 0.29) is 0 Å². The van der Waals surface area contributed by atoms with Crippen LogP contribution < -0.4 is 4.74 Å². The van der Waals surface area contributed by atoms with Crippen LogP contribution in [0.15, 0.2) is 36.5 Å². The number of aryl methyl sites for hydroxylation is 1. The van der Waals surface area contributed by atoms with Gasteiger partial charge in [-0.25, -0.2) is 0 Å². The van der Waals surface area contributed by atoms with Crippen molar-refractivity contribution in [2.75, 3.05) is 59.8 Å². The van der Waals surface area contributed by atoms with E-state index in [1.165, 1.54) is 0 Å². The highest BCUT2D eigenvalue weighted by Crippen LogP contribution is 2.27. The van der Waals surface area contributed by atoms with Crippen LogP contribution in [-0.2, 0) is 38.7 Å². The third-order valence-corrected chi connectivity index (χ3v) is 5.07. The number of pyridine rings is 1. The molecule has 2 bridgehead atoms. The van der Waals surface area contributed by atoms with E-state index in [0.717, 1.165) is 47.8 Å². The van der Waals surface area contributed by atoms with E-state index in [1.807, 2.05) is 24.4 Å². The van der Waals surface area contributed by atoms with Gasteiger partial charge in [0.05, 0.1) is 65.7 Å². The summed E-state index contributed by atoms with van der Waals surface area (Å²) in [5.74, 6) is 0.832. The molecule has 7 nitrogen and oxygen atoms in total. The molecule has 1 aliphatic heterocycles. The Morgan fingerprint density at radius 2 is 1.48 bits per heavy atom. The van der Waals surface area contributed by atoms with Gasteiger partial charge in [0.25, 0.3) is 0 Å². The van der Waals surface area contributed by atoms with Gasteiger partial charge >= 0.3 is 0 Å². The number of aromatic nitrogens is 1. The zero-order valence-corrected chi connectivity index (χ0v) is 18.7. The molecular formula is C24H34N2O5. The minimum absolute atomic E-state index is 0.482. The number of hydrogen-bond acceptors (Lipinski definition) is 7. The first-order chi connectivity index (χ1) is 15.3. The van der Waals surface area contributed by atoms with Crippen molar-refractivity contribution in [1.29, 1.82) is 0 Å². The van der Waals surface area contributed by atoms with Gasteiger partial charge in [-0.15, -0.1) is 0 Å². The van der Waals surface area contributed by atoms with Crippen molar-refractivity contribution in [3.8, 4) is 5.75 Å². The van der Waals surface area contributed by atoms with Gasteiger partial charge in [0.2, 0.25) is 0 Å². The van der Waals surface area contributed by atoms with Gasteiger partial charge in [0, 0.05) is 37.0 Å². The van der Waals surface area contributed by atoms with Crippen LogP contribution in [0.25, 0.3) is 0 Å². The van der Waals surface area contributed by atoms with Crippen LogP contribution in [-0.4, -0.2) is 69.7 Å². The van der Waals surface area contributed by atoms with Crippen molar-refractivity contribution < 1.29 is 23.7 Å². The van der Waals surface area contributed by atoms with Crippen molar-refractivity contribution in [1.82, 2.24) is 9.88 Å². The molecule has 2 aromatic rings. The van der Waals surface area contributed by atoms with E-state index < -0.39 is 0 Å². The third kappa shape index (κ3) is 8.20. The van der Waals surface area contributed by atoms with Gasteiger partial charge in [-0.2, -0.15) is 0 Å². The molecule has 0 aliphatic carbocycles. The normalized spacial score (nSPS) is 18.1. The van der Waals surface area contributed by atoms with Crippen molar-refractivity contribution in [3.05, 3.63) is 58.9 Å². The van der Waals surface area contributed by atoms with E-state index in [1.54, 1.807) is 7.11 Å². The molecular weight excluding hydrogens is 396 g/mol. The van der Waals surface area contributed by atoms with Gasteiger partial charge in [0.15, 0.2) is 0 Å². The van der Waals surface area contributed by atoms with E-state index in [2.05, 4.69) is 28.9 Å². The minimum atomic E-state index is 0.482. The Morgan fingerprint density at radius 3 is 2.03 bits per heavy atom. The first-order valence-electron chi connectivity index (χ1n) is 10.9. The lowest BCUT2D eigenvalue weighted by molar-refractivity contribution is 0.0154. The Bertz CT molecular complexity index is 733. The lowest BCUT2D eigenvalue weighted by atomic mass is 10.1. The van der Waals surface area contributed by atoms with Gasteiger partial charge in [-0.05, 0) is 19.1 Å². The highest BCUT2D eigenvalue weighted by atomic mass is 16.5. The smallest absolute Gasteiger partial charge is 0.129 e. The van der Waals surface area contributed by atoms with Gasteiger partial charge < -0.3 is 23.7 Å². The van der Waals surface area contributed by atoms with Crippen LogP contribution in [0, 0.1) is 6.92 Å². The second kappa shape index (κ2) is 13.4. The number of benzene rings is 1. The molecule has 0 N–H and O–H groups in total. The summed E-state index contributed by atoms with van der Waals surface area (Å²) in [6.45, 7) is 8.88. The highest BCUT2D eigenvalue weighted by Gasteiger charge is 2.12. The highest BCUT2D eigenvalue weighted by molar-refractivity contribution is 5.44. The molecule has 2 heterocycles. The number of nitrogens with zero attached hydrogens (tertiary/aromatic N) is 2. The second-order valence-corrected chi connectivity index (χ2v) is 7.54. The fraction of sp³-hybridized carbons (Fsp3) is 0.542. The molecule has 1 aromatic carbocycles. The van der Waals surface area contributed by atoms with Crippen molar-refractivity contribution in [2.45, 2.75) is 26.7 Å². The largest absolute Gasteiger partial charge is 0.496 e. The first kappa shape index (κ1) is 23.6. The molecule has 1 aromatic heterocycles. The molecule has 0 atom stereocenters. The topological polar surface area (TPSA) is 62.3 Å². The summed E-state index contributed by atoms with van der Waals surface area (Å²) >= 11 is 0. The average Bonchev–Trinajstić information content (AvgIpc) is 2.77. The molecule has 0 spiro atoms. The maximum atomic E-state index is 5.85. The summed E-state index contributed by atoms with van der Waals surface area (Å²) < 4.78 is 28.9. The molecule has 0 saturated carbocycles. The molecule has 170 valence electrons. The van der Waals surface area contributed by atoms with Gasteiger partial charge in [-0.1, -0.05) is 23.8 Å². The first-order valence-corrected chi connectivity index (χ1v) is 10.9. The van der Waals surface area contributed by atoms with Crippen LogP contribution in [0.1, 0.15) is 22.4 Å². The fourth-order valence-electron chi connectivity index (χ4n) is 3.59. The lowest BCUT2D eigenvalue weighted by Gasteiger charge is -2.22. The summed E-state index contributed by atoms with van der Waals surface area (Å²) in [6, 6.07) is 10.2. The van der Waals surface area contributed by atoms with Crippen molar-refractivity contribution in [3.63, 3.8) is 0 Å². The van der Waals surface area contributed by atoms with E-state index in [0.29, 0.717) is 52.9 Å². The van der Waals surface area contributed by atoms with Crippen LogP contribution >= 0.6 is 0 Å². The molecule has 0 saturated heterocycles. The lowest BCUT2D eigenvalue weighted by Crippen LogP contribution is -2.31. The predicted octanol–water partition coefficient (Wildman–Crippen LogP) is 2.98. The van der Waals surface area contributed by atoms with Gasteiger partial charge in [0.1, 0.15) is 5.75 Å². The SMILES string of the molecule is COc1c2cc(C)cc1COCCOCCN(Cc1ccccn1)CCOCCOC2. The number of rotatable bonds is 3. The maximum absolute atomic E-state index is 5.85. The summed E-state index contributed by atoms with van der Waals surface area (Å²) in [4.78, 5) is 6.73. The maximum Gasteiger partial charge on any atom is 0.129 e. The second-order valence-electron chi connectivity index (χ2n) is 7.54. The molecule has 0 fully saturated rings. The molecule has 0 radical (unpaired) electrons. The number of ether oxygens (including phenoxy) is 5. The standard InChI is InChI=1S/C24H34N2O5/c1-20-15-21-18-30-13-11-28-9-7-26(17-23-5-3-4-6-25-23)8-10-29-12-14-31-19-22(16-20)24(21)27-2/h3-6,15-16H,7-14,17-19H2,1-2H3. The number of methoxy groups -OCH3 is 1. The monoisotopic (exact) mass is 430 g/mol. The summed E-state index contributed by atoms with van der Waals surface area (Å²) in [5.41, 5.74) is 4.26. The Morgan fingerprint density at radius 1 is 0.871 bits per heavy atom. The van der Waals surface area contributed by atoms with Gasteiger partial charge in [-0.3, -0.25) is 9.88 Å².